The van der Waals surface area contributed by atoms with Gasteiger partial charge in [-0.3, -0.25) is 14.4 Å². The summed E-state index contributed by atoms with van der Waals surface area (Å²) in [6, 6.07) is 11.8. The van der Waals surface area contributed by atoms with Crippen LogP contribution in [0.15, 0.2) is 53.6 Å². The Morgan fingerprint density at radius 2 is 1.77 bits per heavy atom. The predicted molar refractivity (Wildman–Crippen MR) is 171 cm³/mol. The maximum absolute atomic E-state index is 14.9. The Balaban J connectivity index is 1.60. The Kier molecular flexibility index (Phi) is 10.1. The van der Waals surface area contributed by atoms with Gasteiger partial charge in [-0.25, -0.2) is 19.0 Å². The van der Waals surface area contributed by atoms with Crippen molar-refractivity contribution in [3.63, 3.8) is 0 Å². The van der Waals surface area contributed by atoms with Crippen molar-refractivity contribution in [2.75, 3.05) is 20.1 Å². The molecule has 0 radical (unpaired) electrons. The monoisotopic (exact) mass is 651 g/mol. The zero-order chi connectivity index (χ0) is 34.7. The number of hydrazone groups is 1. The second kappa shape index (κ2) is 13.5. The molecule has 2 aliphatic heterocycles. The van der Waals surface area contributed by atoms with Crippen LogP contribution in [0, 0.1) is 11.2 Å². The van der Waals surface area contributed by atoms with E-state index in [4.69, 9.17) is 4.74 Å². The number of carbonyl (C=O) groups excluding carboxylic acids is 4. The average Bonchev–Trinajstić information content (AvgIpc) is 3.22. The van der Waals surface area contributed by atoms with Crippen LogP contribution in [0.2, 0.25) is 0 Å². The number of nitrogens with one attached hydrogen (secondary N) is 2. The van der Waals surface area contributed by atoms with Crippen LogP contribution in [0.3, 0.4) is 0 Å². The third-order valence-corrected chi connectivity index (χ3v) is 8.25. The molecule has 2 aliphatic rings. The number of fused-ring (bicyclic) bond motifs is 1. The van der Waals surface area contributed by atoms with Gasteiger partial charge in [-0.2, -0.15) is 5.10 Å². The van der Waals surface area contributed by atoms with Gasteiger partial charge in [0.15, 0.2) is 0 Å². The lowest BCUT2D eigenvalue weighted by atomic mass is 9.73. The van der Waals surface area contributed by atoms with Gasteiger partial charge >= 0.3 is 12.1 Å². The molecule has 0 aliphatic carbocycles. The highest BCUT2D eigenvalue weighted by Gasteiger charge is 2.54. The number of hydrogen-bond donors (Lipinski definition) is 3. The molecule has 1 saturated heterocycles. The maximum Gasteiger partial charge on any atom is 0.408 e. The number of alkyl carbamates (subject to hydrolysis) is 1. The quantitative estimate of drug-likeness (QED) is 0.355. The Hall–Kier alpha value is -4.81. The molecule has 252 valence electrons. The summed E-state index contributed by atoms with van der Waals surface area (Å²) in [5, 5.41) is 20.3. The molecule has 13 heteroatoms. The third-order valence-electron chi connectivity index (χ3n) is 8.25. The fourth-order valence-corrected chi connectivity index (χ4v) is 5.83. The first-order chi connectivity index (χ1) is 21.9. The molecular formula is C34H42FN5O7. The fourth-order valence-electron chi connectivity index (χ4n) is 5.83. The first kappa shape index (κ1) is 35.1. The molecule has 1 fully saturated rings. The second-order valence-corrected chi connectivity index (χ2v) is 13.6. The molecule has 0 spiro atoms. The summed E-state index contributed by atoms with van der Waals surface area (Å²) in [6.07, 6.45) is -0.222. The highest BCUT2D eigenvalue weighted by Crippen LogP contribution is 2.38. The van der Waals surface area contributed by atoms with Crippen LogP contribution in [0.4, 0.5) is 9.18 Å². The molecule has 2 atom stereocenters. The van der Waals surface area contributed by atoms with E-state index in [0.29, 0.717) is 18.6 Å². The number of halogens is 1. The Morgan fingerprint density at radius 1 is 1.09 bits per heavy atom. The van der Waals surface area contributed by atoms with E-state index in [0.717, 1.165) is 11.6 Å². The molecule has 4 rings (SSSR count). The molecular weight excluding hydrogens is 609 g/mol. The molecule has 2 heterocycles. The molecule has 4 amide bonds. The van der Waals surface area contributed by atoms with E-state index in [2.05, 4.69) is 15.7 Å². The molecule has 2 aromatic rings. The minimum atomic E-state index is -1.50. The van der Waals surface area contributed by atoms with E-state index >= 15 is 0 Å². The number of benzene rings is 2. The number of ether oxygens (including phenoxy) is 1. The first-order valence-electron chi connectivity index (χ1n) is 15.4. The SMILES string of the molecule is CN1N=C2CCN(C(=O)C(CCc3ccc(C(=O)O)cc3F)NC(=O)C(C)(C)NC(=O)OC(C)(C)C)C[C@@]2(Cc2ccccc2)C1=O. The largest absolute Gasteiger partial charge is 0.478 e. The number of aryl methyl sites for hydroxylation is 1. The van der Waals surface area contributed by atoms with E-state index < -0.39 is 52.3 Å². The van der Waals surface area contributed by atoms with Crippen LogP contribution in [-0.2, 0) is 32.0 Å². The first-order valence-corrected chi connectivity index (χ1v) is 15.4. The summed E-state index contributed by atoms with van der Waals surface area (Å²) in [7, 11) is 1.58. The Labute approximate surface area is 273 Å². The number of piperidine rings is 1. The highest BCUT2D eigenvalue weighted by molar-refractivity contribution is 6.13. The number of nitrogens with zero attached hydrogens (tertiary/aromatic N) is 3. The maximum atomic E-state index is 14.9. The zero-order valence-corrected chi connectivity index (χ0v) is 27.6. The van der Waals surface area contributed by atoms with Crippen LogP contribution in [0.1, 0.15) is 68.9 Å². The van der Waals surface area contributed by atoms with E-state index in [9.17, 15) is 33.5 Å². The topological polar surface area (TPSA) is 158 Å². The van der Waals surface area contributed by atoms with Crippen molar-refractivity contribution in [2.24, 2.45) is 10.5 Å². The highest BCUT2D eigenvalue weighted by atomic mass is 19.1. The predicted octanol–water partition coefficient (Wildman–Crippen LogP) is 3.53. The molecule has 0 saturated carbocycles. The molecule has 3 N–H and O–H groups in total. The van der Waals surface area contributed by atoms with Crippen molar-refractivity contribution in [1.29, 1.82) is 0 Å². The number of carbonyl (C=O) groups is 5. The van der Waals surface area contributed by atoms with Crippen LogP contribution in [0.5, 0.6) is 0 Å². The fraction of sp³-hybridized carbons (Fsp3) is 0.471. The summed E-state index contributed by atoms with van der Waals surface area (Å²) in [5.41, 5.74) is -1.88. The smallest absolute Gasteiger partial charge is 0.408 e. The van der Waals surface area contributed by atoms with Crippen molar-refractivity contribution in [3.05, 3.63) is 71.0 Å². The van der Waals surface area contributed by atoms with E-state index in [-0.39, 0.29) is 43.0 Å². The molecule has 12 nitrogen and oxygen atoms in total. The van der Waals surface area contributed by atoms with Gasteiger partial charge in [-0.15, -0.1) is 0 Å². The summed E-state index contributed by atoms with van der Waals surface area (Å²) >= 11 is 0. The number of amides is 4. The molecule has 1 unspecified atom stereocenters. The molecule has 47 heavy (non-hydrogen) atoms. The van der Waals surface area contributed by atoms with Gasteiger partial charge in [0.05, 0.1) is 11.3 Å². The van der Waals surface area contributed by atoms with Gasteiger partial charge in [0.25, 0.3) is 5.91 Å². The summed E-state index contributed by atoms with van der Waals surface area (Å²) in [5.74, 6) is -3.44. The normalized spacial score (nSPS) is 18.6. The van der Waals surface area contributed by atoms with Crippen LogP contribution >= 0.6 is 0 Å². The van der Waals surface area contributed by atoms with Crippen LogP contribution < -0.4 is 10.6 Å². The Bertz CT molecular complexity index is 1590. The van der Waals surface area contributed by atoms with Gasteiger partial charge in [0, 0.05) is 26.6 Å². The van der Waals surface area contributed by atoms with Gasteiger partial charge in [-0.05, 0) is 77.1 Å². The third kappa shape index (κ3) is 8.13. The van der Waals surface area contributed by atoms with Gasteiger partial charge in [-0.1, -0.05) is 36.4 Å². The zero-order valence-electron chi connectivity index (χ0n) is 27.6. The number of carboxylic acid groups (broad SMARTS) is 1. The number of carboxylic acids is 1. The van der Waals surface area contributed by atoms with Crippen molar-refractivity contribution < 1.29 is 38.2 Å². The van der Waals surface area contributed by atoms with Crippen molar-refractivity contribution in [2.45, 2.75) is 77.5 Å². The average molecular weight is 652 g/mol. The van der Waals surface area contributed by atoms with E-state index in [1.54, 1.807) is 27.8 Å². The number of likely N-dealkylation sites (tertiary alicyclic amines) is 1. The standard InChI is InChI=1S/C34H42FN5O7/c1-32(2,3)47-31(46)37-33(4,5)29(44)36-25(15-14-22-12-13-23(28(42)43)18-24(22)35)27(41)40-17-16-26-34(20-40,30(45)39(6)38-26)19-21-10-8-7-9-11-21/h7-13,18,25H,14-17,19-20H2,1-6H3,(H,36,44)(H,37,46)(H,42,43)/t25?,34-/m1/s1. The van der Waals surface area contributed by atoms with Crippen LogP contribution in [-0.4, -0.2) is 87.8 Å². The van der Waals surface area contributed by atoms with Crippen molar-refractivity contribution >= 4 is 35.5 Å². The molecule has 0 aromatic heterocycles. The van der Waals surface area contributed by atoms with Gasteiger partial charge in [0.2, 0.25) is 11.8 Å². The number of rotatable bonds is 10. The Morgan fingerprint density at radius 3 is 2.38 bits per heavy atom. The second-order valence-electron chi connectivity index (χ2n) is 13.6. The van der Waals surface area contributed by atoms with E-state index in [1.807, 2.05) is 30.3 Å². The minimum Gasteiger partial charge on any atom is -0.478 e. The summed E-state index contributed by atoms with van der Waals surface area (Å²) < 4.78 is 20.2. The van der Waals surface area contributed by atoms with Gasteiger partial charge in [0.1, 0.15) is 28.4 Å². The molecule has 2 aromatic carbocycles. The van der Waals surface area contributed by atoms with Crippen molar-refractivity contribution in [3.8, 4) is 0 Å². The molecule has 0 bridgehead atoms. The van der Waals surface area contributed by atoms with Crippen molar-refractivity contribution in [1.82, 2.24) is 20.5 Å². The lowest BCUT2D eigenvalue weighted by Crippen LogP contribution is -2.62. The van der Waals surface area contributed by atoms with Gasteiger partial charge < -0.3 is 25.4 Å². The minimum absolute atomic E-state index is 0.0142. The summed E-state index contributed by atoms with van der Waals surface area (Å²) in [4.78, 5) is 66.7. The van der Waals surface area contributed by atoms with E-state index in [1.165, 1.54) is 35.9 Å². The van der Waals surface area contributed by atoms with Crippen LogP contribution in [0.25, 0.3) is 0 Å². The summed E-state index contributed by atoms with van der Waals surface area (Å²) in [6.45, 7) is 8.24. The number of aromatic carboxylic acids is 1. The lowest BCUT2D eigenvalue weighted by Gasteiger charge is -2.41. The number of hydrogen-bond acceptors (Lipinski definition) is 7. The lowest BCUT2D eigenvalue weighted by molar-refractivity contribution is -0.142.